The minimum Gasteiger partial charge on any atom is -0.370 e. The first-order valence-corrected chi connectivity index (χ1v) is 35.1. The summed E-state index contributed by atoms with van der Waals surface area (Å²) in [5.74, 6) is -0.253. The number of hydrogen-bond acceptors (Lipinski definition) is 13. The number of nitrogens with zero attached hydrogens (tertiary/aromatic N) is 8. The van der Waals surface area contributed by atoms with Crippen LogP contribution in [0.3, 0.4) is 0 Å². The van der Waals surface area contributed by atoms with Crippen molar-refractivity contribution in [3.8, 4) is 0 Å². The molecule has 0 spiro atoms. The Bertz CT molecular complexity index is 2900. The number of rotatable bonds is 24. The van der Waals surface area contributed by atoms with E-state index < -0.39 is 88.7 Å². The third-order valence-electron chi connectivity index (χ3n) is 19.7. The number of halogens is 6. The van der Waals surface area contributed by atoms with Crippen molar-refractivity contribution in [2.75, 3.05) is 91.8 Å². The number of hydrogen-bond donors (Lipinski definition) is 0. The molecule has 23 heteroatoms. The lowest BCUT2D eigenvalue weighted by Gasteiger charge is -2.49. The molecule has 6 saturated heterocycles. The van der Waals surface area contributed by atoms with Crippen LogP contribution in [0.15, 0.2) is 107 Å². The molecule has 6 fully saturated rings. The van der Waals surface area contributed by atoms with E-state index >= 15 is 4.79 Å². The first kappa shape index (κ1) is 66.5. The number of carbonyl (C=O) groups is 1. The van der Waals surface area contributed by atoms with E-state index in [0.717, 1.165) is 87.5 Å². The van der Waals surface area contributed by atoms with Crippen LogP contribution in [-0.4, -0.2) is 177 Å². The fraction of sp³-hybridized carbons (Fsp3) is 0.646. The van der Waals surface area contributed by atoms with Gasteiger partial charge < -0.3 is 19.3 Å². The highest BCUT2D eigenvalue weighted by Gasteiger charge is 2.49. The van der Waals surface area contributed by atoms with Crippen molar-refractivity contribution in [1.82, 2.24) is 38.2 Å². The molecule has 4 unspecified atom stereocenters. The number of aromatic nitrogens is 2. The van der Waals surface area contributed by atoms with Crippen molar-refractivity contribution in [3.05, 3.63) is 120 Å². The van der Waals surface area contributed by atoms with Gasteiger partial charge in [0.1, 0.15) is 0 Å². The first-order chi connectivity index (χ1) is 42.3. The van der Waals surface area contributed by atoms with Gasteiger partial charge in [-0.05, 0) is 177 Å². The summed E-state index contributed by atoms with van der Waals surface area (Å²) in [4.78, 5) is 34.0. The van der Waals surface area contributed by atoms with Crippen LogP contribution < -0.4 is 0 Å². The van der Waals surface area contributed by atoms with E-state index in [1.54, 1.807) is 12.4 Å². The van der Waals surface area contributed by atoms with E-state index in [4.69, 9.17) is 9.47 Å². The zero-order valence-electron chi connectivity index (χ0n) is 50.6. The van der Waals surface area contributed by atoms with E-state index in [2.05, 4.69) is 29.6 Å². The van der Waals surface area contributed by atoms with Gasteiger partial charge in [-0.3, -0.25) is 24.6 Å². The number of pyridine rings is 2. The topological polar surface area (TPSA) is 149 Å². The summed E-state index contributed by atoms with van der Waals surface area (Å²) in [5, 5.41) is 0. The summed E-state index contributed by atoms with van der Waals surface area (Å²) >= 11 is 0. The van der Waals surface area contributed by atoms with Crippen molar-refractivity contribution >= 4 is 25.8 Å². The summed E-state index contributed by atoms with van der Waals surface area (Å²) in [5.41, 5.74) is -1.95. The van der Waals surface area contributed by atoms with E-state index in [9.17, 15) is 43.2 Å². The molecule has 0 amide bonds. The number of carbonyl (C=O) groups excluding carboxylic acids is 1. The number of alkyl halides is 6. The van der Waals surface area contributed by atoms with Crippen LogP contribution in [0.1, 0.15) is 151 Å². The highest BCUT2D eigenvalue weighted by molar-refractivity contribution is 7.89. The van der Waals surface area contributed by atoms with Crippen LogP contribution >= 0.6 is 0 Å². The van der Waals surface area contributed by atoms with Crippen molar-refractivity contribution in [2.24, 2.45) is 0 Å². The minimum absolute atomic E-state index is 0.00534. The van der Waals surface area contributed by atoms with Gasteiger partial charge in [-0.15, -0.1) is 0 Å². The largest absolute Gasteiger partial charge is 0.416 e. The van der Waals surface area contributed by atoms with E-state index in [1.165, 1.54) is 59.3 Å². The summed E-state index contributed by atoms with van der Waals surface area (Å²) in [6.45, 7) is 8.39. The average Bonchev–Trinajstić information content (AvgIpc) is 1.58. The smallest absolute Gasteiger partial charge is 0.370 e. The molecule has 8 heterocycles. The Morgan fingerprint density at radius 2 is 0.898 bits per heavy atom. The molecule has 6 aliphatic rings. The number of ketones is 1. The quantitative estimate of drug-likeness (QED) is 0.0484. The second kappa shape index (κ2) is 29.5. The van der Waals surface area contributed by atoms with Crippen molar-refractivity contribution in [2.45, 2.75) is 186 Å². The second-order valence-electron chi connectivity index (χ2n) is 25.2. The van der Waals surface area contributed by atoms with Crippen LogP contribution in [0.2, 0.25) is 0 Å². The van der Waals surface area contributed by atoms with Crippen molar-refractivity contribution < 1.29 is 57.4 Å². The molecule has 484 valence electrons. The lowest BCUT2D eigenvalue weighted by Crippen LogP contribution is -2.60. The molecule has 2 aromatic heterocycles. The van der Waals surface area contributed by atoms with E-state index in [-0.39, 0.29) is 31.7 Å². The maximum absolute atomic E-state index is 16.8. The molecule has 15 nitrogen and oxygen atoms in total. The lowest BCUT2D eigenvalue weighted by atomic mass is 9.81. The monoisotopic (exact) mass is 1270 g/mol. The third-order valence-corrected chi connectivity index (χ3v) is 23.6. The van der Waals surface area contributed by atoms with Crippen LogP contribution in [0.4, 0.5) is 26.3 Å². The normalized spacial score (nSPS) is 23.6. The predicted octanol–water partition coefficient (Wildman–Crippen LogP) is 11.2. The highest BCUT2D eigenvalue weighted by atomic mass is 32.2. The fourth-order valence-corrected chi connectivity index (χ4v) is 18.3. The molecule has 0 N–H and O–H groups in total. The van der Waals surface area contributed by atoms with Gasteiger partial charge in [-0.25, -0.2) is 16.8 Å². The van der Waals surface area contributed by atoms with Crippen LogP contribution in [-0.2, 0) is 57.9 Å². The number of benzene rings is 2. The number of sulfonamides is 2. The molecule has 6 aliphatic heterocycles. The van der Waals surface area contributed by atoms with Gasteiger partial charge in [-0.2, -0.15) is 35.0 Å². The maximum Gasteiger partial charge on any atom is 0.416 e. The summed E-state index contributed by atoms with van der Waals surface area (Å²) < 4.78 is 161. The summed E-state index contributed by atoms with van der Waals surface area (Å²) in [6.07, 6.45) is 10.8. The molecule has 0 radical (unpaired) electrons. The molecule has 4 aromatic rings. The molecule has 88 heavy (non-hydrogen) atoms. The zero-order valence-corrected chi connectivity index (χ0v) is 52.2. The summed E-state index contributed by atoms with van der Waals surface area (Å²) in [7, 11) is -9.11. The van der Waals surface area contributed by atoms with Gasteiger partial charge in [0.05, 0.1) is 44.2 Å². The first-order valence-electron chi connectivity index (χ1n) is 32.2. The number of piperidine rings is 6. The van der Waals surface area contributed by atoms with Gasteiger partial charge in [0, 0.05) is 114 Å². The molecule has 10 rings (SSSR count). The van der Waals surface area contributed by atoms with E-state index in [0.29, 0.717) is 116 Å². The van der Waals surface area contributed by atoms with Crippen LogP contribution in [0.25, 0.3) is 0 Å². The van der Waals surface area contributed by atoms with Gasteiger partial charge in [0.25, 0.3) is 0 Å². The van der Waals surface area contributed by atoms with Crippen LogP contribution in [0.5, 0.6) is 0 Å². The van der Waals surface area contributed by atoms with E-state index in [1.807, 2.05) is 36.7 Å². The van der Waals surface area contributed by atoms with Gasteiger partial charge in [0.15, 0.2) is 5.78 Å². The molecule has 2 aromatic carbocycles. The standard InChI is InChI=1S/C65H88F6N8O7S2/c66-64(67,68)51-17-11-23-57(45-51)87(81,82)78-37-9-3-21-55(78)47-59(76-39-25-62(26-40-76,53-19-13-29-72-49-53)85-43-15-35-74-31-5-1-6-32-74)61(80)60(48-56-22-4-10-38-79(56)88(83,84)58-24-12-18-52(46-58)65(69,70)71)77-41-27-63(28-42-77,54-20-14-30-73-50-54)86-44-16-36-75-33-7-2-8-34-75/h11-14,17-20,23-24,29-30,45-46,49-50,55-56,59-60H,1-10,15-16,21-22,25-28,31-44,47-48H2. The molecule has 0 saturated carbocycles. The highest BCUT2D eigenvalue weighted by Crippen LogP contribution is 2.43. The number of Topliss-reactive ketones (excluding diaryl/α,β-unsaturated/α-hetero) is 1. The number of ether oxygens (including phenoxy) is 2. The molecule has 4 atom stereocenters. The second-order valence-corrected chi connectivity index (χ2v) is 29.0. The predicted molar refractivity (Wildman–Crippen MR) is 323 cm³/mol. The Labute approximate surface area is 516 Å². The van der Waals surface area contributed by atoms with Gasteiger partial charge >= 0.3 is 12.4 Å². The average molecular weight is 1270 g/mol. The zero-order chi connectivity index (χ0) is 62.0. The Morgan fingerprint density at radius 1 is 0.511 bits per heavy atom. The third kappa shape index (κ3) is 16.1. The number of likely N-dealkylation sites (tertiary alicyclic amines) is 4. The molecular formula is C65H88F6N8O7S2. The fourth-order valence-electron chi connectivity index (χ4n) is 14.8. The van der Waals surface area contributed by atoms with Crippen molar-refractivity contribution in [1.29, 1.82) is 0 Å². The minimum atomic E-state index is -4.80. The molecule has 0 aliphatic carbocycles. The maximum atomic E-state index is 16.8. The Kier molecular flexibility index (Phi) is 22.3. The molecule has 0 bridgehead atoms. The summed E-state index contributed by atoms with van der Waals surface area (Å²) in [6, 6.07) is 11.7. The van der Waals surface area contributed by atoms with Crippen LogP contribution in [0, 0.1) is 0 Å². The Balaban J connectivity index is 1.00. The lowest BCUT2D eigenvalue weighted by molar-refractivity contribution is -0.140. The Hall–Kier alpha value is -4.43. The molecular weight excluding hydrogens is 1180 g/mol. The van der Waals surface area contributed by atoms with Gasteiger partial charge in [-0.1, -0.05) is 49.9 Å². The van der Waals surface area contributed by atoms with Crippen molar-refractivity contribution in [3.63, 3.8) is 0 Å². The SMILES string of the molecule is O=C(C(CC1CCCCN1S(=O)(=O)c1cccc(C(F)(F)F)c1)N1CCC(OCCCN2CCCCC2)(c2cccnc2)CC1)C(CC1CCCCN1S(=O)(=O)c1cccc(C(F)(F)F)c1)N1CCC(OCCCN2CCCCC2)(c2cccnc2)CC1. The Morgan fingerprint density at radius 3 is 1.26 bits per heavy atom. The van der Waals surface area contributed by atoms with Gasteiger partial charge in [0.2, 0.25) is 20.0 Å².